The first-order valence-electron chi connectivity index (χ1n) is 8.57. The van der Waals surface area contributed by atoms with Crippen LogP contribution in [-0.4, -0.2) is 25.1 Å². The number of hydrogen-bond donors (Lipinski definition) is 2. The fourth-order valence-electron chi connectivity index (χ4n) is 2.60. The first-order chi connectivity index (χ1) is 13.6. The largest absolute Gasteiger partial charge is 0.493 e. The van der Waals surface area contributed by atoms with E-state index >= 15 is 0 Å². The van der Waals surface area contributed by atoms with Crippen LogP contribution in [-0.2, 0) is 11.2 Å². The van der Waals surface area contributed by atoms with Crippen molar-refractivity contribution >= 4 is 23.1 Å². The number of amides is 1. The normalized spacial score (nSPS) is 10.2. The molecule has 2 aromatic carbocycles. The molecule has 2 N–H and O–H groups in total. The van der Waals surface area contributed by atoms with Crippen LogP contribution in [0, 0.1) is 5.82 Å². The van der Waals surface area contributed by atoms with Crippen molar-refractivity contribution in [3.8, 4) is 11.5 Å². The molecule has 0 fully saturated rings. The van der Waals surface area contributed by atoms with Crippen LogP contribution in [0.15, 0.2) is 60.8 Å². The van der Waals surface area contributed by atoms with Crippen LogP contribution in [0.1, 0.15) is 5.56 Å². The first kappa shape index (κ1) is 19.2. The van der Waals surface area contributed by atoms with Crippen LogP contribution in [0.25, 0.3) is 0 Å². The molecule has 3 aromatic rings. The van der Waals surface area contributed by atoms with Crippen molar-refractivity contribution in [3.63, 3.8) is 0 Å². The number of nitrogens with zero attached hydrogens (tertiary/aromatic N) is 1. The highest BCUT2D eigenvalue weighted by atomic mass is 19.1. The molecule has 3 rings (SSSR count). The summed E-state index contributed by atoms with van der Waals surface area (Å²) in [4.78, 5) is 16.4. The van der Waals surface area contributed by atoms with Gasteiger partial charge in [0.2, 0.25) is 5.91 Å². The summed E-state index contributed by atoms with van der Waals surface area (Å²) in [6, 6.07) is 14.8. The average molecular weight is 381 g/mol. The summed E-state index contributed by atoms with van der Waals surface area (Å²) >= 11 is 0. The lowest BCUT2D eigenvalue weighted by Crippen LogP contribution is -2.14. The van der Waals surface area contributed by atoms with Crippen molar-refractivity contribution in [2.75, 3.05) is 24.9 Å². The minimum atomic E-state index is -0.328. The Bertz CT molecular complexity index is 944. The van der Waals surface area contributed by atoms with Gasteiger partial charge < -0.3 is 20.1 Å². The lowest BCUT2D eigenvalue weighted by Gasteiger charge is -2.11. The summed E-state index contributed by atoms with van der Waals surface area (Å²) in [6.45, 7) is 0. The van der Waals surface area contributed by atoms with E-state index in [1.54, 1.807) is 56.8 Å². The van der Waals surface area contributed by atoms with Crippen LogP contribution in [0.5, 0.6) is 11.5 Å². The van der Waals surface area contributed by atoms with Crippen LogP contribution in [0.2, 0.25) is 0 Å². The number of nitrogens with one attached hydrogen (secondary N) is 2. The van der Waals surface area contributed by atoms with E-state index in [4.69, 9.17) is 9.47 Å². The van der Waals surface area contributed by atoms with Crippen molar-refractivity contribution in [1.29, 1.82) is 0 Å². The van der Waals surface area contributed by atoms with Gasteiger partial charge in [-0.15, -0.1) is 0 Å². The molecule has 1 heterocycles. The third-order valence-electron chi connectivity index (χ3n) is 3.98. The van der Waals surface area contributed by atoms with Gasteiger partial charge in [0.1, 0.15) is 11.6 Å². The van der Waals surface area contributed by atoms with Crippen molar-refractivity contribution in [2.24, 2.45) is 0 Å². The number of rotatable bonds is 7. The highest BCUT2D eigenvalue weighted by Gasteiger charge is 2.07. The molecule has 0 aliphatic carbocycles. The standard InChI is InChI=1S/C21H20FN3O3/c1-27-18-9-7-16(12-19(18)28-2)24-20-10-8-17(13-23-20)25-21(26)11-14-3-5-15(22)6-4-14/h3-10,12-13H,11H2,1-2H3,(H,23,24)(H,25,26). The molecule has 0 saturated heterocycles. The molecule has 0 unspecified atom stereocenters. The van der Waals surface area contributed by atoms with Gasteiger partial charge in [0.25, 0.3) is 0 Å². The number of pyridine rings is 1. The fourth-order valence-corrected chi connectivity index (χ4v) is 2.60. The van der Waals surface area contributed by atoms with E-state index in [9.17, 15) is 9.18 Å². The molecule has 1 amide bonds. The number of benzene rings is 2. The van der Waals surface area contributed by atoms with E-state index in [1.807, 2.05) is 6.07 Å². The third-order valence-corrected chi connectivity index (χ3v) is 3.98. The molecule has 0 aliphatic rings. The maximum Gasteiger partial charge on any atom is 0.228 e. The van der Waals surface area contributed by atoms with Gasteiger partial charge in [-0.25, -0.2) is 9.37 Å². The molecule has 6 nitrogen and oxygen atoms in total. The number of carbonyl (C=O) groups is 1. The van der Waals surface area contributed by atoms with Crippen LogP contribution in [0.3, 0.4) is 0 Å². The molecule has 144 valence electrons. The van der Waals surface area contributed by atoms with Gasteiger partial charge in [0.05, 0.1) is 32.5 Å². The Morgan fingerprint density at radius 1 is 0.964 bits per heavy atom. The zero-order valence-electron chi connectivity index (χ0n) is 15.5. The van der Waals surface area contributed by atoms with Gasteiger partial charge in [-0.05, 0) is 42.0 Å². The summed E-state index contributed by atoms with van der Waals surface area (Å²) < 4.78 is 23.4. The number of ether oxygens (including phenoxy) is 2. The lowest BCUT2D eigenvalue weighted by molar-refractivity contribution is -0.115. The fraction of sp³-hybridized carbons (Fsp3) is 0.143. The highest BCUT2D eigenvalue weighted by molar-refractivity contribution is 5.92. The van der Waals surface area contributed by atoms with Crippen molar-refractivity contribution in [1.82, 2.24) is 4.98 Å². The maximum atomic E-state index is 12.9. The monoisotopic (exact) mass is 381 g/mol. The zero-order valence-corrected chi connectivity index (χ0v) is 15.5. The van der Waals surface area contributed by atoms with Crippen molar-refractivity contribution in [3.05, 3.63) is 72.2 Å². The Balaban J connectivity index is 1.60. The summed E-state index contributed by atoms with van der Waals surface area (Å²) in [5.74, 6) is 1.33. The molecular formula is C21H20FN3O3. The van der Waals surface area contributed by atoms with Crippen molar-refractivity contribution < 1.29 is 18.7 Å². The van der Waals surface area contributed by atoms with Crippen LogP contribution < -0.4 is 20.1 Å². The van der Waals surface area contributed by atoms with Crippen molar-refractivity contribution in [2.45, 2.75) is 6.42 Å². The number of anilines is 3. The summed E-state index contributed by atoms with van der Waals surface area (Å²) in [6.07, 6.45) is 1.72. The molecule has 1 aromatic heterocycles. The quantitative estimate of drug-likeness (QED) is 0.643. The Morgan fingerprint density at radius 3 is 2.32 bits per heavy atom. The first-order valence-corrected chi connectivity index (χ1v) is 8.57. The summed E-state index contributed by atoms with van der Waals surface area (Å²) in [5.41, 5.74) is 2.10. The van der Waals surface area contributed by atoms with E-state index in [1.165, 1.54) is 12.1 Å². The molecule has 28 heavy (non-hydrogen) atoms. The van der Waals surface area contributed by atoms with E-state index in [-0.39, 0.29) is 18.1 Å². The molecule has 0 radical (unpaired) electrons. The molecule has 7 heteroatoms. The molecule has 0 saturated carbocycles. The third kappa shape index (κ3) is 4.97. The topological polar surface area (TPSA) is 72.5 Å². The predicted molar refractivity (Wildman–Crippen MR) is 106 cm³/mol. The predicted octanol–water partition coefficient (Wildman–Crippen LogP) is 4.16. The van der Waals surface area contributed by atoms with Crippen LogP contribution >= 0.6 is 0 Å². The second kappa shape index (κ2) is 8.85. The molecule has 0 aliphatic heterocycles. The second-order valence-corrected chi connectivity index (χ2v) is 5.98. The number of halogens is 1. The smallest absolute Gasteiger partial charge is 0.228 e. The lowest BCUT2D eigenvalue weighted by atomic mass is 10.1. The van der Waals surface area contributed by atoms with Gasteiger partial charge in [-0.2, -0.15) is 0 Å². The SMILES string of the molecule is COc1ccc(Nc2ccc(NC(=O)Cc3ccc(F)cc3)cn2)cc1OC. The van der Waals surface area contributed by atoms with Crippen LogP contribution in [0.4, 0.5) is 21.6 Å². The highest BCUT2D eigenvalue weighted by Crippen LogP contribution is 2.30. The molecule has 0 atom stereocenters. The minimum Gasteiger partial charge on any atom is -0.493 e. The number of hydrogen-bond acceptors (Lipinski definition) is 5. The summed E-state index contributed by atoms with van der Waals surface area (Å²) in [7, 11) is 3.15. The Kier molecular flexibility index (Phi) is 6.06. The number of carbonyl (C=O) groups excluding carboxylic acids is 1. The molecule has 0 spiro atoms. The average Bonchev–Trinajstić information content (AvgIpc) is 2.71. The van der Waals surface area contributed by atoms with Gasteiger partial charge in [0.15, 0.2) is 11.5 Å². The Hall–Kier alpha value is -3.61. The summed E-state index contributed by atoms with van der Waals surface area (Å²) in [5, 5.41) is 5.93. The maximum absolute atomic E-state index is 12.9. The minimum absolute atomic E-state index is 0.159. The van der Waals surface area contributed by atoms with Gasteiger partial charge in [-0.1, -0.05) is 12.1 Å². The Morgan fingerprint density at radius 2 is 1.68 bits per heavy atom. The number of methoxy groups -OCH3 is 2. The van der Waals surface area contributed by atoms with Gasteiger partial charge in [0, 0.05) is 11.8 Å². The van der Waals surface area contributed by atoms with Gasteiger partial charge >= 0.3 is 0 Å². The second-order valence-electron chi connectivity index (χ2n) is 5.98. The van der Waals surface area contributed by atoms with Gasteiger partial charge in [-0.3, -0.25) is 4.79 Å². The number of aromatic nitrogens is 1. The molecular weight excluding hydrogens is 361 g/mol. The van der Waals surface area contributed by atoms with E-state index in [0.29, 0.717) is 23.0 Å². The van der Waals surface area contributed by atoms with E-state index in [0.717, 1.165) is 11.3 Å². The zero-order chi connectivity index (χ0) is 19.9. The Labute approximate surface area is 162 Å². The molecule has 0 bridgehead atoms. The van der Waals surface area contributed by atoms with E-state index < -0.39 is 0 Å². The van der Waals surface area contributed by atoms with E-state index in [2.05, 4.69) is 15.6 Å².